The van der Waals surface area contributed by atoms with Crippen molar-refractivity contribution in [2.75, 3.05) is 46.3 Å². The topological polar surface area (TPSA) is 32.5 Å². The van der Waals surface area contributed by atoms with Crippen LogP contribution in [0.2, 0.25) is 0 Å². The molecule has 0 aliphatic carbocycles. The van der Waals surface area contributed by atoms with Crippen molar-refractivity contribution >= 4 is 0 Å². The molecule has 2 N–H and O–H groups in total. The third-order valence-corrected chi connectivity index (χ3v) is 3.36. The summed E-state index contributed by atoms with van der Waals surface area (Å²) in [6.45, 7) is 9.24. The van der Waals surface area contributed by atoms with E-state index in [1.165, 1.54) is 52.0 Å². The van der Waals surface area contributed by atoms with Gasteiger partial charge in [-0.15, -0.1) is 0 Å². The van der Waals surface area contributed by atoms with Crippen LogP contribution in [0.25, 0.3) is 0 Å². The van der Waals surface area contributed by atoms with E-state index >= 15 is 0 Å². The van der Waals surface area contributed by atoms with Crippen molar-refractivity contribution < 1.29 is 0 Å². The van der Waals surface area contributed by atoms with Crippen molar-refractivity contribution in [1.82, 2.24) is 9.80 Å². The summed E-state index contributed by atoms with van der Waals surface area (Å²) in [5.41, 5.74) is 5.81. The zero-order valence-corrected chi connectivity index (χ0v) is 10.4. The maximum absolute atomic E-state index is 5.81. The quantitative estimate of drug-likeness (QED) is 0.739. The molecule has 90 valence electrons. The normalized spacial score (nSPS) is 22.6. The van der Waals surface area contributed by atoms with Crippen LogP contribution in [0.15, 0.2) is 0 Å². The number of rotatable bonds is 5. The van der Waals surface area contributed by atoms with Crippen molar-refractivity contribution in [3.8, 4) is 0 Å². The van der Waals surface area contributed by atoms with Crippen LogP contribution in [-0.2, 0) is 0 Å². The standard InChI is InChI=1S/C12H27N3/c1-3-5-12(10-13)11-15-7-4-6-14(2)8-9-15/h12H,3-11,13H2,1-2H3. The summed E-state index contributed by atoms with van der Waals surface area (Å²) in [5.74, 6) is 0.707. The van der Waals surface area contributed by atoms with Crippen LogP contribution in [0.1, 0.15) is 26.2 Å². The summed E-state index contributed by atoms with van der Waals surface area (Å²) in [6, 6.07) is 0. The molecular formula is C12H27N3. The van der Waals surface area contributed by atoms with E-state index < -0.39 is 0 Å². The molecule has 0 aromatic carbocycles. The molecule has 1 heterocycles. The Labute approximate surface area is 94.6 Å². The SMILES string of the molecule is CCCC(CN)CN1CCCN(C)CC1. The molecule has 1 unspecified atom stereocenters. The van der Waals surface area contributed by atoms with E-state index in [-0.39, 0.29) is 0 Å². The highest BCUT2D eigenvalue weighted by atomic mass is 15.2. The van der Waals surface area contributed by atoms with Crippen molar-refractivity contribution in [3.05, 3.63) is 0 Å². The fourth-order valence-corrected chi connectivity index (χ4v) is 2.34. The van der Waals surface area contributed by atoms with Gasteiger partial charge < -0.3 is 15.5 Å². The van der Waals surface area contributed by atoms with Gasteiger partial charge in [0.1, 0.15) is 0 Å². The summed E-state index contributed by atoms with van der Waals surface area (Å²) >= 11 is 0. The summed E-state index contributed by atoms with van der Waals surface area (Å²) < 4.78 is 0. The average molecular weight is 213 g/mol. The first-order valence-electron chi connectivity index (χ1n) is 6.37. The number of hydrogen-bond donors (Lipinski definition) is 1. The Morgan fingerprint density at radius 3 is 2.67 bits per heavy atom. The molecule has 15 heavy (non-hydrogen) atoms. The molecule has 1 atom stereocenters. The molecule has 0 aromatic rings. The van der Waals surface area contributed by atoms with Gasteiger partial charge in [0, 0.05) is 19.6 Å². The molecular weight excluding hydrogens is 186 g/mol. The van der Waals surface area contributed by atoms with Gasteiger partial charge in [0.2, 0.25) is 0 Å². The van der Waals surface area contributed by atoms with Crippen molar-refractivity contribution in [1.29, 1.82) is 0 Å². The number of nitrogens with zero attached hydrogens (tertiary/aromatic N) is 2. The third kappa shape index (κ3) is 4.96. The van der Waals surface area contributed by atoms with Crippen LogP contribution in [0.3, 0.4) is 0 Å². The van der Waals surface area contributed by atoms with Crippen molar-refractivity contribution in [2.24, 2.45) is 11.7 Å². The Kier molecular flexibility index (Phi) is 6.22. The Bertz CT molecular complexity index is 161. The largest absolute Gasteiger partial charge is 0.330 e. The van der Waals surface area contributed by atoms with Crippen LogP contribution in [0.4, 0.5) is 0 Å². The molecule has 0 amide bonds. The van der Waals surface area contributed by atoms with Gasteiger partial charge in [-0.05, 0) is 45.4 Å². The summed E-state index contributed by atoms with van der Waals surface area (Å²) in [6.07, 6.45) is 3.85. The van der Waals surface area contributed by atoms with E-state index in [1.807, 2.05) is 0 Å². The lowest BCUT2D eigenvalue weighted by Crippen LogP contribution is -2.35. The number of nitrogens with two attached hydrogens (primary N) is 1. The van der Waals surface area contributed by atoms with E-state index in [4.69, 9.17) is 5.73 Å². The molecule has 1 rings (SSSR count). The smallest absolute Gasteiger partial charge is 0.0109 e. The van der Waals surface area contributed by atoms with E-state index in [9.17, 15) is 0 Å². The molecule has 0 bridgehead atoms. The first kappa shape index (κ1) is 12.9. The van der Waals surface area contributed by atoms with Gasteiger partial charge in [-0.3, -0.25) is 0 Å². The van der Waals surface area contributed by atoms with E-state index in [0.717, 1.165) is 6.54 Å². The minimum Gasteiger partial charge on any atom is -0.330 e. The Balaban J connectivity index is 2.29. The molecule has 1 fully saturated rings. The van der Waals surface area contributed by atoms with E-state index in [0.29, 0.717) is 5.92 Å². The van der Waals surface area contributed by atoms with Crippen LogP contribution in [0.5, 0.6) is 0 Å². The number of likely N-dealkylation sites (N-methyl/N-ethyl adjacent to an activating group) is 1. The molecule has 0 saturated carbocycles. The lowest BCUT2D eigenvalue weighted by atomic mass is 10.0. The second kappa shape index (κ2) is 7.20. The van der Waals surface area contributed by atoms with Gasteiger partial charge in [0.05, 0.1) is 0 Å². The summed E-state index contributed by atoms with van der Waals surface area (Å²) in [7, 11) is 2.22. The lowest BCUT2D eigenvalue weighted by Gasteiger charge is -2.25. The van der Waals surface area contributed by atoms with Crippen molar-refractivity contribution in [3.63, 3.8) is 0 Å². The van der Waals surface area contributed by atoms with Crippen LogP contribution < -0.4 is 5.73 Å². The molecule has 1 aliphatic heterocycles. The van der Waals surface area contributed by atoms with Gasteiger partial charge in [0.25, 0.3) is 0 Å². The fraction of sp³-hybridized carbons (Fsp3) is 1.00. The highest BCUT2D eigenvalue weighted by Gasteiger charge is 2.15. The van der Waals surface area contributed by atoms with Crippen LogP contribution in [0, 0.1) is 5.92 Å². The maximum Gasteiger partial charge on any atom is 0.0109 e. The molecule has 0 aromatic heterocycles. The average Bonchev–Trinajstić information content (AvgIpc) is 2.43. The first-order valence-corrected chi connectivity index (χ1v) is 6.37. The maximum atomic E-state index is 5.81. The molecule has 3 nitrogen and oxygen atoms in total. The Morgan fingerprint density at radius 1 is 1.20 bits per heavy atom. The zero-order chi connectivity index (χ0) is 11.1. The van der Waals surface area contributed by atoms with Crippen LogP contribution in [-0.4, -0.2) is 56.1 Å². The molecule has 1 aliphatic rings. The molecule has 0 radical (unpaired) electrons. The lowest BCUT2D eigenvalue weighted by molar-refractivity contribution is 0.231. The van der Waals surface area contributed by atoms with Gasteiger partial charge >= 0.3 is 0 Å². The Hall–Kier alpha value is -0.120. The summed E-state index contributed by atoms with van der Waals surface area (Å²) in [5, 5.41) is 0. The minimum absolute atomic E-state index is 0.707. The Morgan fingerprint density at radius 2 is 2.00 bits per heavy atom. The first-order chi connectivity index (χ1) is 7.26. The van der Waals surface area contributed by atoms with Gasteiger partial charge in [-0.25, -0.2) is 0 Å². The molecule has 1 saturated heterocycles. The van der Waals surface area contributed by atoms with Gasteiger partial charge in [-0.1, -0.05) is 13.3 Å². The van der Waals surface area contributed by atoms with Gasteiger partial charge in [0.15, 0.2) is 0 Å². The zero-order valence-electron chi connectivity index (χ0n) is 10.4. The van der Waals surface area contributed by atoms with Gasteiger partial charge in [-0.2, -0.15) is 0 Å². The highest BCUT2D eigenvalue weighted by Crippen LogP contribution is 2.09. The second-order valence-electron chi connectivity index (χ2n) is 4.85. The van der Waals surface area contributed by atoms with E-state index in [1.54, 1.807) is 0 Å². The van der Waals surface area contributed by atoms with E-state index in [2.05, 4.69) is 23.8 Å². The third-order valence-electron chi connectivity index (χ3n) is 3.36. The predicted octanol–water partition coefficient (Wildman–Crippen LogP) is 0.999. The highest BCUT2D eigenvalue weighted by molar-refractivity contribution is 4.71. The fourth-order valence-electron chi connectivity index (χ4n) is 2.34. The molecule has 0 spiro atoms. The monoisotopic (exact) mass is 213 g/mol. The minimum atomic E-state index is 0.707. The number of hydrogen-bond acceptors (Lipinski definition) is 3. The van der Waals surface area contributed by atoms with Crippen LogP contribution >= 0.6 is 0 Å². The predicted molar refractivity (Wildman–Crippen MR) is 66.0 cm³/mol. The summed E-state index contributed by atoms with van der Waals surface area (Å²) in [4.78, 5) is 5.02. The molecule has 3 heteroatoms. The van der Waals surface area contributed by atoms with Crippen molar-refractivity contribution in [2.45, 2.75) is 26.2 Å². The second-order valence-corrected chi connectivity index (χ2v) is 4.85.